The van der Waals surface area contributed by atoms with Gasteiger partial charge in [0, 0.05) is 28.2 Å². The molecular weight excluding hydrogens is 366 g/mol. The number of rotatable bonds is 2. The summed E-state index contributed by atoms with van der Waals surface area (Å²) in [5.74, 6) is -0.176. The van der Waals surface area contributed by atoms with Gasteiger partial charge in [-0.15, -0.1) is 0 Å². The molecule has 2 rings (SSSR count). The second kappa shape index (κ2) is 5.31. The topological polar surface area (TPSA) is 54.5 Å². The van der Waals surface area contributed by atoms with Crippen LogP contribution in [-0.4, -0.2) is 32.3 Å². The van der Waals surface area contributed by atoms with Gasteiger partial charge in [-0.2, -0.15) is 0 Å². The monoisotopic (exact) mass is 379 g/mol. The van der Waals surface area contributed by atoms with Crippen molar-refractivity contribution in [2.45, 2.75) is 25.2 Å². The molecule has 1 fully saturated rings. The largest absolute Gasteiger partial charge is 0.338 e. The van der Waals surface area contributed by atoms with E-state index in [2.05, 4.69) is 29.8 Å². The van der Waals surface area contributed by atoms with Gasteiger partial charge >= 0.3 is 0 Å². The molecule has 0 aliphatic carbocycles. The third kappa shape index (κ3) is 3.35. The fourth-order valence-electron chi connectivity index (χ4n) is 2.28. The molecule has 1 aliphatic heterocycles. The fraction of sp³-hybridized carbons (Fsp3) is 0.462. The lowest BCUT2D eigenvalue weighted by Crippen LogP contribution is -2.30. The lowest BCUT2D eigenvalue weighted by molar-refractivity contribution is 0.0777. The summed E-state index contributed by atoms with van der Waals surface area (Å²) in [4.78, 5) is 14.2. The standard InChI is InChI=1S/C13H15BrClNO3S/c1-13(2)5-6-16(8-13)12(17)10-7-9(20(15,18)19)3-4-11(10)14/h3-4,7H,5-6,8H2,1-2H3. The molecule has 0 bridgehead atoms. The Morgan fingerprint density at radius 3 is 2.55 bits per heavy atom. The molecule has 0 radical (unpaired) electrons. The van der Waals surface area contributed by atoms with E-state index in [-0.39, 0.29) is 16.2 Å². The molecule has 4 nitrogen and oxygen atoms in total. The number of hydrogen-bond donors (Lipinski definition) is 0. The molecule has 1 aromatic rings. The summed E-state index contributed by atoms with van der Waals surface area (Å²) in [6.07, 6.45) is 0.934. The molecule has 0 aromatic heterocycles. The number of likely N-dealkylation sites (tertiary alicyclic amines) is 1. The number of carbonyl (C=O) groups excluding carboxylic acids is 1. The van der Waals surface area contributed by atoms with Gasteiger partial charge in [0.1, 0.15) is 0 Å². The number of nitrogens with zero attached hydrogens (tertiary/aromatic N) is 1. The van der Waals surface area contributed by atoms with Crippen LogP contribution in [0.4, 0.5) is 0 Å². The minimum absolute atomic E-state index is 0.0656. The van der Waals surface area contributed by atoms with Gasteiger partial charge in [0.05, 0.1) is 10.5 Å². The van der Waals surface area contributed by atoms with Crippen molar-refractivity contribution in [2.75, 3.05) is 13.1 Å². The molecular formula is C13H15BrClNO3S. The molecule has 110 valence electrons. The highest BCUT2D eigenvalue weighted by Gasteiger charge is 2.33. The predicted molar refractivity (Wildman–Crippen MR) is 81.5 cm³/mol. The second-order valence-electron chi connectivity index (χ2n) is 5.72. The highest BCUT2D eigenvalue weighted by Crippen LogP contribution is 2.31. The predicted octanol–water partition coefficient (Wildman–Crippen LogP) is 3.25. The maximum atomic E-state index is 12.5. The molecule has 20 heavy (non-hydrogen) atoms. The van der Waals surface area contributed by atoms with Crippen LogP contribution < -0.4 is 0 Å². The summed E-state index contributed by atoms with van der Waals surface area (Å²) in [6, 6.07) is 4.22. The second-order valence-corrected chi connectivity index (χ2v) is 9.14. The van der Waals surface area contributed by atoms with E-state index in [1.807, 2.05) is 0 Å². The number of amides is 1. The van der Waals surface area contributed by atoms with Crippen molar-refractivity contribution in [1.29, 1.82) is 0 Å². The summed E-state index contributed by atoms with van der Waals surface area (Å²) < 4.78 is 23.3. The van der Waals surface area contributed by atoms with E-state index in [1.165, 1.54) is 18.2 Å². The van der Waals surface area contributed by atoms with Crippen LogP contribution in [-0.2, 0) is 9.05 Å². The molecule has 0 spiro atoms. The van der Waals surface area contributed by atoms with Crippen molar-refractivity contribution in [3.63, 3.8) is 0 Å². The van der Waals surface area contributed by atoms with Gasteiger partial charge in [-0.3, -0.25) is 4.79 Å². The molecule has 7 heteroatoms. The van der Waals surface area contributed by atoms with Crippen LogP contribution in [0.5, 0.6) is 0 Å². The summed E-state index contributed by atoms with van der Waals surface area (Å²) in [5, 5.41) is 0. The van der Waals surface area contributed by atoms with Crippen molar-refractivity contribution < 1.29 is 13.2 Å². The average molecular weight is 381 g/mol. The Labute approximate surface area is 131 Å². The number of halogens is 2. The van der Waals surface area contributed by atoms with Gasteiger partial charge in [0.25, 0.3) is 15.0 Å². The summed E-state index contributed by atoms with van der Waals surface area (Å²) in [7, 11) is 1.48. The molecule has 1 aromatic carbocycles. The zero-order valence-corrected chi connectivity index (χ0v) is 14.3. The van der Waals surface area contributed by atoms with Crippen molar-refractivity contribution >= 4 is 41.6 Å². The van der Waals surface area contributed by atoms with Crippen molar-refractivity contribution in [2.24, 2.45) is 5.41 Å². The van der Waals surface area contributed by atoms with Crippen LogP contribution in [0.3, 0.4) is 0 Å². The van der Waals surface area contributed by atoms with Gasteiger partial charge in [-0.05, 0) is 46.0 Å². The highest BCUT2D eigenvalue weighted by atomic mass is 79.9. The number of benzene rings is 1. The van der Waals surface area contributed by atoms with Crippen molar-refractivity contribution in [3.05, 3.63) is 28.2 Å². The molecule has 1 aliphatic rings. The zero-order valence-electron chi connectivity index (χ0n) is 11.2. The van der Waals surface area contributed by atoms with E-state index in [4.69, 9.17) is 10.7 Å². The third-order valence-corrected chi connectivity index (χ3v) is 5.46. The molecule has 0 N–H and O–H groups in total. The molecule has 1 saturated heterocycles. The smallest absolute Gasteiger partial charge is 0.261 e. The van der Waals surface area contributed by atoms with Gasteiger partial charge in [-0.1, -0.05) is 13.8 Å². The minimum atomic E-state index is -3.84. The molecule has 1 amide bonds. The van der Waals surface area contributed by atoms with E-state index >= 15 is 0 Å². The van der Waals surface area contributed by atoms with Gasteiger partial charge in [0.15, 0.2) is 0 Å². The van der Waals surface area contributed by atoms with Gasteiger partial charge < -0.3 is 4.90 Å². The van der Waals surface area contributed by atoms with Gasteiger partial charge in [0.2, 0.25) is 0 Å². The Bertz CT molecular complexity index is 658. The summed E-state index contributed by atoms with van der Waals surface area (Å²) >= 11 is 3.29. The number of hydrogen-bond acceptors (Lipinski definition) is 3. The Balaban J connectivity index is 2.35. The maximum absolute atomic E-state index is 12.5. The Kier molecular flexibility index (Phi) is 4.19. The van der Waals surface area contributed by atoms with Crippen LogP contribution in [0, 0.1) is 5.41 Å². The Morgan fingerprint density at radius 2 is 2.05 bits per heavy atom. The lowest BCUT2D eigenvalue weighted by atomic mass is 9.93. The van der Waals surface area contributed by atoms with E-state index < -0.39 is 9.05 Å². The zero-order chi connectivity index (χ0) is 15.1. The first kappa shape index (κ1) is 15.8. The molecule has 0 saturated carbocycles. The van der Waals surface area contributed by atoms with Crippen LogP contribution in [0.2, 0.25) is 0 Å². The SMILES string of the molecule is CC1(C)CCN(C(=O)c2cc(S(=O)(=O)Cl)ccc2Br)C1. The van der Waals surface area contributed by atoms with Crippen LogP contribution in [0.1, 0.15) is 30.6 Å². The van der Waals surface area contributed by atoms with E-state index in [0.29, 0.717) is 23.1 Å². The minimum Gasteiger partial charge on any atom is -0.338 e. The summed E-state index contributed by atoms with van der Waals surface area (Å²) in [5.41, 5.74) is 0.419. The van der Waals surface area contributed by atoms with Crippen LogP contribution in [0.25, 0.3) is 0 Å². The van der Waals surface area contributed by atoms with Gasteiger partial charge in [-0.25, -0.2) is 8.42 Å². The average Bonchev–Trinajstić information content (AvgIpc) is 2.68. The first-order chi connectivity index (χ1) is 9.10. The lowest BCUT2D eigenvalue weighted by Gasteiger charge is -2.20. The molecule has 0 atom stereocenters. The molecule has 0 unspecified atom stereocenters. The quantitative estimate of drug-likeness (QED) is 0.740. The summed E-state index contributed by atoms with van der Waals surface area (Å²) in [6.45, 7) is 5.55. The fourth-order valence-corrected chi connectivity index (χ4v) is 3.47. The van der Waals surface area contributed by atoms with Crippen molar-refractivity contribution in [3.8, 4) is 0 Å². The first-order valence-electron chi connectivity index (χ1n) is 6.14. The third-order valence-electron chi connectivity index (χ3n) is 3.41. The van der Waals surface area contributed by atoms with Crippen molar-refractivity contribution in [1.82, 2.24) is 4.90 Å². The van der Waals surface area contributed by atoms with E-state index in [9.17, 15) is 13.2 Å². The normalized spacial score (nSPS) is 18.3. The Hall–Kier alpha value is -0.590. The Morgan fingerprint density at radius 1 is 1.40 bits per heavy atom. The van der Waals surface area contributed by atoms with E-state index in [0.717, 1.165) is 6.42 Å². The highest BCUT2D eigenvalue weighted by molar-refractivity contribution is 9.10. The van der Waals surface area contributed by atoms with E-state index in [1.54, 1.807) is 4.90 Å². The molecule has 1 heterocycles. The maximum Gasteiger partial charge on any atom is 0.261 e. The number of carbonyl (C=O) groups is 1. The van der Waals surface area contributed by atoms with Crippen LogP contribution >= 0.6 is 26.6 Å². The first-order valence-corrected chi connectivity index (χ1v) is 9.24. The van der Waals surface area contributed by atoms with Crippen LogP contribution in [0.15, 0.2) is 27.6 Å².